The lowest BCUT2D eigenvalue weighted by Crippen LogP contribution is -2.40. The summed E-state index contributed by atoms with van der Waals surface area (Å²) in [5.41, 5.74) is 2.86. The van der Waals surface area contributed by atoms with Crippen LogP contribution in [0.3, 0.4) is 0 Å². The van der Waals surface area contributed by atoms with E-state index in [2.05, 4.69) is 4.99 Å². The number of ether oxygens (including phenoxy) is 2. The van der Waals surface area contributed by atoms with Gasteiger partial charge in [0.1, 0.15) is 12.4 Å². The van der Waals surface area contributed by atoms with Crippen molar-refractivity contribution in [1.29, 1.82) is 0 Å². The van der Waals surface area contributed by atoms with E-state index in [0.717, 1.165) is 11.1 Å². The Morgan fingerprint density at radius 1 is 1.13 bits per heavy atom. The number of carbonyl (C=O) groups is 2. The second kappa shape index (κ2) is 8.98. The smallest absolute Gasteiger partial charge is 0.338 e. The molecule has 0 spiro atoms. The van der Waals surface area contributed by atoms with E-state index in [-0.39, 0.29) is 17.8 Å². The number of nitrogens with zero attached hydrogens (tertiary/aromatic N) is 2. The molecule has 2 heterocycles. The topological polar surface area (TPSA) is 68.2 Å². The van der Waals surface area contributed by atoms with Crippen molar-refractivity contribution in [2.75, 3.05) is 6.61 Å². The Morgan fingerprint density at radius 2 is 1.84 bits per heavy atom. The largest absolute Gasteiger partial charge is 0.489 e. The van der Waals surface area contributed by atoms with Crippen LogP contribution in [0.5, 0.6) is 5.75 Å². The van der Waals surface area contributed by atoms with Crippen molar-refractivity contribution < 1.29 is 19.1 Å². The number of thioether (sulfide) groups is 1. The molecule has 2 aliphatic heterocycles. The van der Waals surface area contributed by atoms with Crippen LogP contribution in [0.2, 0.25) is 0 Å². The van der Waals surface area contributed by atoms with Gasteiger partial charge in [-0.05, 0) is 44.0 Å². The van der Waals surface area contributed by atoms with Crippen molar-refractivity contribution in [3.63, 3.8) is 0 Å². The number of amides is 1. The van der Waals surface area contributed by atoms with Gasteiger partial charge in [-0.15, -0.1) is 0 Å². The van der Waals surface area contributed by atoms with Gasteiger partial charge in [-0.2, -0.15) is 0 Å². The summed E-state index contributed by atoms with van der Waals surface area (Å²) in [5, 5.41) is 0.376. The monoisotopic (exact) mass is 436 g/mol. The van der Waals surface area contributed by atoms with E-state index in [1.165, 1.54) is 11.8 Å². The SMILES string of the molecule is CCOC(=O)C1=C(C)N=C2S[C@@H](C)C(=O)N2[C@@H]1c1ccc(OCc2ccccc2)cc1. The van der Waals surface area contributed by atoms with Gasteiger partial charge in [-0.25, -0.2) is 9.79 Å². The first-order chi connectivity index (χ1) is 15.0. The van der Waals surface area contributed by atoms with Gasteiger partial charge >= 0.3 is 5.97 Å². The van der Waals surface area contributed by atoms with Crippen LogP contribution >= 0.6 is 11.8 Å². The molecule has 0 aromatic heterocycles. The molecule has 7 heteroatoms. The molecule has 4 rings (SSSR count). The van der Waals surface area contributed by atoms with Crippen LogP contribution in [-0.2, 0) is 20.9 Å². The number of esters is 1. The zero-order valence-electron chi connectivity index (χ0n) is 17.7. The number of benzene rings is 2. The number of amidine groups is 1. The molecule has 2 atom stereocenters. The van der Waals surface area contributed by atoms with E-state index in [1.807, 2.05) is 61.5 Å². The molecule has 1 saturated heterocycles. The van der Waals surface area contributed by atoms with Crippen LogP contribution in [0, 0.1) is 0 Å². The van der Waals surface area contributed by atoms with Crippen molar-refractivity contribution in [3.8, 4) is 5.75 Å². The van der Waals surface area contributed by atoms with Crippen LogP contribution in [-0.4, -0.2) is 33.8 Å². The number of hydrogen-bond donors (Lipinski definition) is 0. The minimum Gasteiger partial charge on any atom is -0.489 e. The fourth-order valence-corrected chi connectivity index (χ4v) is 4.70. The molecule has 160 valence electrons. The summed E-state index contributed by atoms with van der Waals surface area (Å²) >= 11 is 1.41. The number of carbonyl (C=O) groups excluding carboxylic acids is 2. The van der Waals surface area contributed by atoms with E-state index in [4.69, 9.17) is 9.47 Å². The Balaban J connectivity index is 1.63. The summed E-state index contributed by atoms with van der Waals surface area (Å²) in [6.45, 7) is 6.12. The number of aliphatic imine (C=N–C) groups is 1. The Labute approximate surface area is 185 Å². The molecular weight excluding hydrogens is 412 g/mol. The molecule has 0 radical (unpaired) electrons. The van der Waals surface area contributed by atoms with Crippen LogP contribution in [0.1, 0.15) is 37.9 Å². The van der Waals surface area contributed by atoms with Gasteiger partial charge in [0, 0.05) is 0 Å². The summed E-state index contributed by atoms with van der Waals surface area (Å²) in [6.07, 6.45) is 0. The van der Waals surface area contributed by atoms with Crippen LogP contribution in [0.15, 0.2) is 70.9 Å². The number of allylic oxidation sites excluding steroid dienone is 1. The van der Waals surface area contributed by atoms with Crippen molar-refractivity contribution in [3.05, 3.63) is 77.0 Å². The summed E-state index contributed by atoms with van der Waals surface area (Å²) in [7, 11) is 0. The zero-order valence-corrected chi connectivity index (χ0v) is 18.5. The maximum atomic E-state index is 12.9. The standard InChI is InChI=1S/C24H24N2O4S/c1-4-29-23(28)20-15(2)25-24-26(22(27)16(3)31-24)21(20)18-10-12-19(13-11-18)30-14-17-8-6-5-7-9-17/h5-13,16,21H,4,14H2,1-3H3/t16-,21+/m0/s1. The van der Waals surface area contributed by atoms with Gasteiger partial charge in [-0.1, -0.05) is 54.2 Å². The molecule has 0 bridgehead atoms. The molecule has 6 nitrogen and oxygen atoms in total. The Bertz CT molecular complexity index is 1050. The predicted molar refractivity (Wildman–Crippen MR) is 121 cm³/mol. The fourth-order valence-electron chi connectivity index (χ4n) is 3.68. The molecule has 2 aromatic carbocycles. The molecule has 2 aromatic rings. The van der Waals surface area contributed by atoms with E-state index in [1.54, 1.807) is 18.7 Å². The van der Waals surface area contributed by atoms with Gasteiger partial charge in [0.05, 0.1) is 29.2 Å². The van der Waals surface area contributed by atoms with Crippen molar-refractivity contribution >= 4 is 28.8 Å². The van der Waals surface area contributed by atoms with Gasteiger partial charge < -0.3 is 9.47 Å². The highest BCUT2D eigenvalue weighted by molar-refractivity contribution is 8.15. The molecule has 31 heavy (non-hydrogen) atoms. The van der Waals surface area contributed by atoms with Crippen LogP contribution in [0.25, 0.3) is 0 Å². The average Bonchev–Trinajstić information content (AvgIpc) is 3.05. The zero-order chi connectivity index (χ0) is 22.0. The second-order valence-corrected chi connectivity index (χ2v) is 8.64. The number of rotatable bonds is 6. The first kappa shape index (κ1) is 21.2. The molecule has 2 aliphatic rings. The lowest BCUT2D eigenvalue weighted by atomic mass is 9.94. The third-order valence-corrected chi connectivity index (χ3v) is 6.25. The minimum absolute atomic E-state index is 0.0625. The first-order valence-electron chi connectivity index (χ1n) is 10.2. The van der Waals surface area contributed by atoms with Crippen molar-refractivity contribution in [1.82, 2.24) is 4.90 Å². The van der Waals surface area contributed by atoms with E-state index >= 15 is 0 Å². The summed E-state index contributed by atoms with van der Waals surface area (Å²) in [5.74, 6) is 0.202. The predicted octanol–water partition coefficient (Wildman–Crippen LogP) is 4.48. The van der Waals surface area contributed by atoms with Gasteiger partial charge in [0.15, 0.2) is 5.17 Å². The highest BCUT2D eigenvalue weighted by Crippen LogP contribution is 2.43. The molecule has 1 amide bonds. The lowest BCUT2D eigenvalue weighted by Gasteiger charge is -2.33. The highest BCUT2D eigenvalue weighted by Gasteiger charge is 2.46. The van der Waals surface area contributed by atoms with Crippen molar-refractivity contribution in [2.45, 2.75) is 38.7 Å². The molecule has 1 fully saturated rings. The second-order valence-electron chi connectivity index (χ2n) is 7.33. The Hall–Kier alpha value is -3.06. The summed E-state index contributed by atoms with van der Waals surface area (Å²) in [4.78, 5) is 31.8. The molecule has 0 N–H and O–H groups in total. The third kappa shape index (κ3) is 4.23. The normalized spacial score (nSPS) is 20.4. The van der Waals surface area contributed by atoms with Crippen LogP contribution in [0.4, 0.5) is 0 Å². The van der Waals surface area contributed by atoms with E-state index in [0.29, 0.717) is 28.8 Å². The maximum absolute atomic E-state index is 12.9. The first-order valence-corrected chi connectivity index (χ1v) is 11.1. The lowest BCUT2D eigenvalue weighted by molar-refractivity contribution is -0.139. The van der Waals surface area contributed by atoms with Gasteiger partial charge in [-0.3, -0.25) is 9.69 Å². The average molecular weight is 437 g/mol. The summed E-state index contributed by atoms with van der Waals surface area (Å²) in [6, 6.07) is 16.9. The van der Waals surface area contributed by atoms with Gasteiger partial charge in [0.25, 0.3) is 0 Å². The number of hydrogen-bond acceptors (Lipinski definition) is 6. The molecular formula is C24H24N2O4S. The Kier molecular flexibility index (Phi) is 6.13. The molecule has 0 saturated carbocycles. The molecule has 0 unspecified atom stereocenters. The van der Waals surface area contributed by atoms with Gasteiger partial charge in [0.2, 0.25) is 5.91 Å². The summed E-state index contributed by atoms with van der Waals surface area (Å²) < 4.78 is 11.2. The number of fused-ring (bicyclic) bond motifs is 1. The highest BCUT2D eigenvalue weighted by atomic mass is 32.2. The quantitative estimate of drug-likeness (QED) is 0.625. The third-order valence-electron chi connectivity index (χ3n) is 5.20. The van der Waals surface area contributed by atoms with E-state index in [9.17, 15) is 9.59 Å². The fraction of sp³-hybridized carbons (Fsp3) is 0.292. The van der Waals surface area contributed by atoms with Crippen molar-refractivity contribution in [2.24, 2.45) is 4.99 Å². The molecule has 0 aliphatic carbocycles. The Morgan fingerprint density at radius 3 is 2.52 bits per heavy atom. The van der Waals surface area contributed by atoms with E-state index < -0.39 is 12.0 Å². The maximum Gasteiger partial charge on any atom is 0.338 e. The van der Waals surface area contributed by atoms with Crippen LogP contribution < -0.4 is 4.74 Å². The minimum atomic E-state index is -0.570.